The molecule has 2 aromatic carbocycles. The quantitative estimate of drug-likeness (QED) is 0.280. The summed E-state index contributed by atoms with van der Waals surface area (Å²) >= 11 is 4.60. The van der Waals surface area contributed by atoms with Gasteiger partial charge in [0.1, 0.15) is 5.75 Å². The van der Waals surface area contributed by atoms with Crippen molar-refractivity contribution in [3.05, 3.63) is 83.0 Å². The minimum absolute atomic E-state index is 0.242. The first kappa shape index (κ1) is 28.3. The van der Waals surface area contributed by atoms with Crippen molar-refractivity contribution in [2.45, 2.75) is 33.7 Å². The third kappa shape index (κ3) is 5.84. The molecule has 1 aliphatic rings. The Morgan fingerprint density at radius 1 is 1.08 bits per heavy atom. The van der Waals surface area contributed by atoms with Crippen LogP contribution in [-0.4, -0.2) is 36.8 Å². The van der Waals surface area contributed by atoms with Gasteiger partial charge < -0.3 is 18.9 Å². The van der Waals surface area contributed by atoms with E-state index < -0.39 is 18.0 Å². The monoisotopic (exact) mass is 614 g/mol. The largest absolute Gasteiger partial charge is 0.490 e. The molecule has 0 N–H and O–H groups in total. The van der Waals surface area contributed by atoms with Crippen molar-refractivity contribution in [1.82, 2.24) is 4.57 Å². The topological polar surface area (TPSA) is 105 Å². The van der Waals surface area contributed by atoms with Crippen LogP contribution in [0.5, 0.6) is 17.2 Å². The number of aromatic nitrogens is 1. The average molecular weight is 616 g/mol. The van der Waals surface area contributed by atoms with Crippen LogP contribution >= 0.6 is 27.3 Å². The van der Waals surface area contributed by atoms with Gasteiger partial charge in [-0.25, -0.2) is 9.79 Å². The van der Waals surface area contributed by atoms with Gasteiger partial charge in [0.15, 0.2) is 16.3 Å². The smallest absolute Gasteiger partial charge is 0.338 e. The molecule has 0 amide bonds. The number of fused-ring (bicyclic) bond motifs is 1. The first-order valence-electron chi connectivity index (χ1n) is 12.2. The highest BCUT2D eigenvalue weighted by Crippen LogP contribution is 2.36. The highest BCUT2D eigenvalue weighted by atomic mass is 79.9. The van der Waals surface area contributed by atoms with Crippen LogP contribution in [0.1, 0.15) is 44.9 Å². The number of carbonyl (C=O) groups excluding carboxylic acids is 2. The van der Waals surface area contributed by atoms with Crippen LogP contribution in [0.3, 0.4) is 0 Å². The number of esters is 2. The summed E-state index contributed by atoms with van der Waals surface area (Å²) in [5, 5.41) is 0. The van der Waals surface area contributed by atoms with Crippen molar-refractivity contribution >= 4 is 45.3 Å². The predicted molar refractivity (Wildman–Crippen MR) is 150 cm³/mol. The molecule has 0 saturated heterocycles. The molecule has 2 heterocycles. The third-order valence-electron chi connectivity index (χ3n) is 5.82. The molecule has 0 saturated carbocycles. The molecule has 9 nitrogen and oxygen atoms in total. The summed E-state index contributed by atoms with van der Waals surface area (Å²) < 4.78 is 24.5. The summed E-state index contributed by atoms with van der Waals surface area (Å²) in [5.41, 5.74) is 1.48. The Labute approximate surface area is 237 Å². The lowest BCUT2D eigenvalue weighted by molar-refractivity contribution is -0.136. The summed E-state index contributed by atoms with van der Waals surface area (Å²) in [7, 11) is 1.29. The standard InChI is InChI=1S/C28H27BrN2O7S/c1-6-36-21-10-8-17(13-22(21)37-7-2)25-24(27(34)35-5)15(3)30-28-31(25)26(33)23(39-28)14-18-12-19(29)9-11-20(18)38-16(4)32/h8-14,25H,6-7H2,1-5H3/b23-14-/t25-/m0/s1. The van der Waals surface area contributed by atoms with Crippen molar-refractivity contribution in [2.75, 3.05) is 20.3 Å². The number of nitrogens with zero attached hydrogens (tertiary/aromatic N) is 2. The Bertz CT molecular complexity index is 1650. The summed E-state index contributed by atoms with van der Waals surface area (Å²) in [6.45, 7) is 7.61. The van der Waals surface area contributed by atoms with Crippen LogP contribution < -0.4 is 29.1 Å². The Kier molecular flexibility index (Phi) is 8.71. The maximum absolute atomic E-state index is 13.9. The van der Waals surface area contributed by atoms with E-state index in [1.54, 1.807) is 49.4 Å². The zero-order chi connectivity index (χ0) is 28.3. The van der Waals surface area contributed by atoms with E-state index in [1.807, 2.05) is 13.8 Å². The van der Waals surface area contributed by atoms with Crippen molar-refractivity contribution < 1.29 is 28.5 Å². The summed E-state index contributed by atoms with van der Waals surface area (Å²) in [6.07, 6.45) is 1.64. The fourth-order valence-corrected chi connectivity index (χ4v) is 5.68. The Balaban J connectivity index is 1.97. The van der Waals surface area contributed by atoms with E-state index in [2.05, 4.69) is 20.9 Å². The minimum atomic E-state index is -0.818. The molecule has 39 heavy (non-hydrogen) atoms. The number of hydrogen-bond donors (Lipinski definition) is 0. The van der Waals surface area contributed by atoms with E-state index in [0.29, 0.717) is 56.6 Å². The van der Waals surface area contributed by atoms with E-state index >= 15 is 0 Å². The minimum Gasteiger partial charge on any atom is -0.490 e. The highest BCUT2D eigenvalue weighted by molar-refractivity contribution is 9.10. The molecule has 1 atom stereocenters. The van der Waals surface area contributed by atoms with Gasteiger partial charge in [0.2, 0.25) is 0 Å². The van der Waals surface area contributed by atoms with E-state index in [-0.39, 0.29) is 11.1 Å². The molecule has 3 aromatic rings. The fourth-order valence-electron chi connectivity index (χ4n) is 4.27. The van der Waals surface area contributed by atoms with Crippen LogP contribution in [0.25, 0.3) is 6.08 Å². The fraction of sp³-hybridized carbons (Fsp3) is 0.286. The maximum atomic E-state index is 13.9. The lowest BCUT2D eigenvalue weighted by atomic mass is 9.95. The normalized spacial score (nSPS) is 14.9. The van der Waals surface area contributed by atoms with Crippen LogP contribution in [0.15, 0.2) is 61.9 Å². The summed E-state index contributed by atoms with van der Waals surface area (Å²) in [6, 6.07) is 9.64. The SMILES string of the molecule is CCOc1ccc([C@H]2C(C(=O)OC)=C(C)N=c3s/c(=C\c4cc(Br)ccc4OC(C)=O)c(=O)n32)cc1OCC. The third-order valence-corrected chi connectivity index (χ3v) is 7.30. The van der Waals surface area contributed by atoms with Crippen molar-refractivity contribution in [1.29, 1.82) is 0 Å². The molecule has 4 rings (SSSR count). The first-order valence-corrected chi connectivity index (χ1v) is 13.8. The second-order valence-electron chi connectivity index (χ2n) is 8.42. The summed E-state index contributed by atoms with van der Waals surface area (Å²) in [4.78, 5) is 43.5. The molecular weight excluding hydrogens is 588 g/mol. The maximum Gasteiger partial charge on any atom is 0.338 e. The lowest BCUT2D eigenvalue weighted by Crippen LogP contribution is -2.39. The zero-order valence-corrected chi connectivity index (χ0v) is 24.5. The average Bonchev–Trinajstić information content (AvgIpc) is 3.19. The molecule has 0 spiro atoms. The van der Waals surface area contributed by atoms with Gasteiger partial charge in [0.25, 0.3) is 5.56 Å². The Morgan fingerprint density at radius 2 is 1.77 bits per heavy atom. The number of allylic oxidation sites excluding steroid dienone is 1. The van der Waals surface area contributed by atoms with E-state index in [1.165, 1.54) is 29.9 Å². The van der Waals surface area contributed by atoms with Gasteiger partial charge in [-0.05, 0) is 62.7 Å². The van der Waals surface area contributed by atoms with Gasteiger partial charge in [0.05, 0.1) is 42.2 Å². The van der Waals surface area contributed by atoms with Crippen molar-refractivity contribution in [2.24, 2.45) is 4.99 Å². The number of benzene rings is 2. The predicted octanol–water partition coefficient (Wildman–Crippen LogP) is 3.89. The van der Waals surface area contributed by atoms with Gasteiger partial charge in [-0.1, -0.05) is 33.3 Å². The molecular formula is C28H27BrN2O7S. The number of carbonyl (C=O) groups is 2. The van der Waals surface area contributed by atoms with Gasteiger partial charge in [-0.3, -0.25) is 14.2 Å². The molecule has 0 aliphatic carbocycles. The van der Waals surface area contributed by atoms with Crippen LogP contribution in [0, 0.1) is 0 Å². The molecule has 0 unspecified atom stereocenters. The van der Waals surface area contributed by atoms with Gasteiger partial charge >= 0.3 is 11.9 Å². The molecule has 1 aromatic heterocycles. The van der Waals surface area contributed by atoms with Gasteiger partial charge in [-0.2, -0.15) is 0 Å². The molecule has 0 bridgehead atoms. The Morgan fingerprint density at radius 3 is 2.44 bits per heavy atom. The van der Waals surface area contributed by atoms with E-state index in [9.17, 15) is 14.4 Å². The van der Waals surface area contributed by atoms with Crippen LogP contribution in [0.2, 0.25) is 0 Å². The van der Waals surface area contributed by atoms with Crippen molar-refractivity contribution in [3.8, 4) is 17.2 Å². The molecule has 1 aliphatic heterocycles. The Hall–Kier alpha value is -3.70. The number of rotatable bonds is 8. The van der Waals surface area contributed by atoms with Gasteiger partial charge in [0, 0.05) is 17.0 Å². The molecule has 204 valence electrons. The van der Waals surface area contributed by atoms with Crippen LogP contribution in [0.4, 0.5) is 0 Å². The molecule has 11 heteroatoms. The van der Waals surface area contributed by atoms with Crippen molar-refractivity contribution in [3.63, 3.8) is 0 Å². The number of thiazole rings is 1. The number of hydrogen-bond acceptors (Lipinski definition) is 9. The lowest BCUT2D eigenvalue weighted by Gasteiger charge is -2.25. The number of methoxy groups -OCH3 is 1. The first-order chi connectivity index (χ1) is 18.7. The second kappa shape index (κ2) is 12.0. The number of halogens is 1. The van der Waals surface area contributed by atoms with E-state index in [4.69, 9.17) is 18.9 Å². The zero-order valence-electron chi connectivity index (χ0n) is 22.1. The van der Waals surface area contributed by atoms with Gasteiger partial charge in [-0.15, -0.1) is 0 Å². The van der Waals surface area contributed by atoms with Crippen LogP contribution in [-0.2, 0) is 14.3 Å². The number of ether oxygens (including phenoxy) is 4. The van der Waals surface area contributed by atoms with E-state index in [0.717, 1.165) is 4.47 Å². The summed E-state index contributed by atoms with van der Waals surface area (Å²) in [5.74, 6) is 0.299. The molecule has 0 radical (unpaired) electrons. The highest BCUT2D eigenvalue weighted by Gasteiger charge is 2.33. The second-order valence-corrected chi connectivity index (χ2v) is 10.3. The molecule has 0 fully saturated rings.